The molecule has 7 heteroatoms. The molecule has 17 heavy (non-hydrogen) atoms. The smallest absolute Gasteiger partial charge is 0.357 e. The maximum atomic E-state index is 13.2. The van der Waals surface area contributed by atoms with E-state index in [0.717, 1.165) is 7.11 Å². The Bertz CT molecular complexity index is 424. The first-order valence-electron chi connectivity index (χ1n) is 4.70. The summed E-state index contributed by atoms with van der Waals surface area (Å²) in [5.41, 5.74) is -1.54. The zero-order valence-electron chi connectivity index (χ0n) is 9.17. The Labute approximate surface area is 95.4 Å². The number of hydrogen-bond donors (Lipinski definition) is 0. The number of esters is 1. The van der Waals surface area contributed by atoms with Crippen LogP contribution >= 0.6 is 0 Å². The lowest BCUT2D eigenvalue weighted by Crippen LogP contribution is -2.13. The van der Waals surface area contributed by atoms with Crippen molar-refractivity contribution in [1.29, 1.82) is 0 Å². The number of ether oxygens (including phenoxy) is 2. The van der Waals surface area contributed by atoms with Crippen LogP contribution in [0.5, 0.6) is 5.75 Å². The number of alkyl halides is 2. The van der Waals surface area contributed by atoms with Crippen molar-refractivity contribution >= 4 is 5.97 Å². The van der Waals surface area contributed by atoms with E-state index in [2.05, 4.69) is 14.5 Å². The average Bonchev–Trinajstić information content (AvgIpc) is 2.28. The highest BCUT2D eigenvalue weighted by Crippen LogP contribution is 2.33. The van der Waals surface area contributed by atoms with Crippen LogP contribution in [0.2, 0.25) is 0 Å². The molecule has 0 unspecified atom stereocenters. The van der Waals surface area contributed by atoms with Gasteiger partial charge in [0.05, 0.1) is 25.5 Å². The molecule has 94 valence electrons. The van der Waals surface area contributed by atoms with E-state index in [1.165, 1.54) is 6.92 Å². The van der Waals surface area contributed by atoms with E-state index in [-0.39, 0.29) is 6.61 Å². The Morgan fingerprint density at radius 1 is 1.53 bits per heavy atom. The van der Waals surface area contributed by atoms with Crippen LogP contribution in [0.4, 0.5) is 13.2 Å². The molecule has 0 bridgehead atoms. The van der Waals surface area contributed by atoms with Crippen molar-refractivity contribution in [2.45, 2.75) is 13.3 Å². The lowest BCUT2D eigenvalue weighted by Gasteiger charge is -2.12. The first-order chi connectivity index (χ1) is 8.02. The van der Waals surface area contributed by atoms with Gasteiger partial charge in [-0.2, -0.15) is 0 Å². The highest BCUT2D eigenvalue weighted by atomic mass is 19.3. The molecule has 1 aromatic rings. The van der Waals surface area contributed by atoms with Gasteiger partial charge in [0.1, 0.15) is 0 Å². The maximum Gasteiger partial charge on any atom is 0.357 e. The third-order valence-corrected chi connectivity index (χ3v) is 1.91. The molecule has 0 radical (unpaired) electrons. The van der Waals surface area contributed by atoms with Crippen molar-refractivity contribution in [1.82, 2.24) is 4.98 Å². The van der Waals surface area contributed by atoms with Crippen molar-refractivity contribution in [2.24, 2.45) is 0 Å². The van der Waals surface area contributed by atoms with Crippen LogP contribution in [0.3, 0.4) is 0 Å². The highest BCUT2D eigenvalue weighted by molar-refractivity contribution is 5.89. The number of carbonyl (C=O) groups is 1. The molecule has 0 aliphatic carbocycles. The summed E-state index contributed by atoms with van der Waals surface area (Å²) in [6, 6.07) is 0. The summed E-state index contributed by atoms with van der Waals surface area (Å²) in [6.45, 7) is 1.52. The van der Waals surface area contributed by atoms with Crippen molar-refractivity contribution < 1.29 is 27.4 Å². The first-order valence-corrected chi connectivity index (χ1v) is 4.70. The third kappa shape index (κ3) is 2.66. The Balaban J connectivity index is 3.35. The van der Waals surface area contributed by atoms with Gasteiger partial charge in [0.2, 0.25) is 0 Å². The molecule has 0 saturated carbocycles. The second-order valence-corrected chi connectivity index (χ2v) is 2.92. The predicted molar refractivity (Wildman–Crippen MR) is 51.7 cm³/mol. The summed E-state index contributed by atoms with van der Waals surface area (Å²) in [5, 5.41) is 0. The molecule has 0 atom stereocenters. The minimum atomic E-state index is -3.09. The van der Waals surface area contributed by atoms with Gasteiger partial charge in [0.25, 0.3) is 6.43 Å². The van der Waals surface area contributed by atoms with Crippen molar-refractivity contribution in [3.05, 3.63) is 23.3 Å². The van der Waals surface area contributed by atoms with Gasteiger partial charge in [0.15, 0.2) is 17.3 Å². The SMILES string of the molecule is CCOC(=O)c1ncc(F)c(OC)c1C(F)F. The van der Waals surface area contributed by atoms with Crippen LogP contribution in [0.1, 0.15) is 29.4 Å². The third-order valence-electron chi connectivity index (χ3n) is 1.91. The molecule has 0 aliphatic rings. The maximum absolute atomic E-state index is 13.2. The van der Waals surface area contributed by atoms with Gasteiger partial charge in [0, 0.05) is 0 Å². The van der Waals surface area contributed by atoms with Crippen molar-refractivity contribution in [3.8, 4) is 5.75 Å². The highest BCUT2D eigenvalue weighted by Gasteiger charge is 2.28. The molecule has 0 fully saturated rings. The predicted octanol–water partition coefficient (Wildman–Crippen LogP) is 2.34. The average molecular weight is 249 g/mol. The Morgan fingerprint density at radius 3 is 2.65 bits per heavy atom. The largest absolute Gasteiger partial charge is 0.493 e. The van der Waals surface area contributed by atoms with Gasteiger partial charge < -0.3 is 9.47 Å². The molecular weight excluding hydrogens is 239 g/mol. The van der Waals surface area contributed by atoms with Crippen LogP contribution in [-0.2, 0) is 4.74 Å². The molecule has 1 rings (SSSR count). The minimum Gasteiger partial charge on any atom is -0.493 e. The Kier molecular flexibility index (Phi) is 4.30. The monoisotopic (exact) mass is 249 g/mol. The van der Waals surface area contributed by atoms with E-state index in [0.29, 0.717) is 6.20 Å². The van der Waals surface area contributed by atoms with E-state index in [1.54, 1.807) is 0 Å². The second kappa shape index (κ2) is 5.51. The zero-order valence-corrected chi connectivity index (χ0v) is 9.17. The quantitative estimate of drug-likeness (QED) is 0.768. The normalized spacial score (nSPS) is 10.5. The molecule has 1 heterocycles. The zero-order chi connectivity index (χ0) is 13.0. The fourth-order valence-electron chi connectivity index (χ4n) is 1.26. The van der Waals surface area contributed by atoms with Gasteiger partial charge in [-0.1, -0.05) is 0 Å². The molecule has 0 aliphatic heterocycles. The molecule has 0 aromatic carbocycles. The lowest BCUT2D eigenvalue weighted by atomic mass is 10.1. The standard InChI is InChI=1S/C10H10F3NO3/c1-3-17-10(15)7-6(9(12)13)8(16-2)5(11)4-14-7/h4,9H,3H2,1-2H3. The summed E-state index contributed by atoms with van der Waals surface area (Å²) in [7, 11) is 1.03. The summed E-state index contributed by atoms with van der Waals surface area (Å²) in [4.78, 5) is 14.7. The summed E-state index contributed by atoms with van der Waals surface area (Å²) < 4.78 is 47.7. The first kappa shape index (κ1) is 13.3. The lowest BCUT2D eigenvalue weighted by molar-refractivity contribution is 0.0505. The molecular formula is C10H10F3NO3. The van der Waals surface area contributed by atoms with Crippen LogP contribution in [0.15, 0.2) is 6.20 Å². The minimum absolute atomic E-state index is 0.00286. The van der Waals surface area contributed by atoms with E-state index in [9.17, 15) is 18.0 Å². The number of methoxy groups -OCH3 is 1. The van der Waals surface area contributed by atoms with Crippen LogP contribution < -0.4 is 4.74 Å². The Morgan fingerprint density at radius 2 is 2.18 bits per heavy atom. The topological polar surface area (TPSA) is 48.4 Å². The number of hydrogen-bond acceptors (Lipinski definition) is 4. The molecule has 0 amide bonds. The van der Waals surface area contributed by atoms with Gasteiger partial charge in [-0.3, -0.25) is 0 Å². The molecule has 4 nitrogen and oxygen atoms in total. The van der Waals surface area contributed by atoms with Crippen LogP contribution in [-0.4, -0.2) is 24.7 Å². The van der Waals surface area contributed by atoms with Crippen LogP contribution in [0.25, 0.3) is 0 Å². The molecule has 0 N–H and O–H groups in total. The van der Waals surface area contributed by atoms with E-state index in [4.69, 9.17) is 0 Å². The summed E-state index contributed by atoms with van der Waals surface area (Å²) in [6.07, 6.45) is -2.45. The van der Waals surface area contributed by atoms with Crippen LogP contribution in [0, 0.1) is 5.82 Å². The number of aromatic nitrogens is 1. The number of pyridine rings is 1. The van der Waals surface area contributed by atoms with Crippen molar-refractivity contribution in [3.63, 3.8) is 0 Å². The number of nitrogens with zero attached hydrogens (tertiary/aromatic N) is 1. The number of carbonyl (C=O) groups excluding carboxylic acids is 1. The fourth-order valence-corrected chi connectivity index (χ4v) is 1.26. The van der Waals surface area contributed by atoms with Gasteiger partial charge in [-0.15, -0.1) is 0 Å². The molecule has 0 saturated heterocycles. The number of rotatable bonds is 4. The van der Waals surface area contributed by atoms with E-state index < -0.39 is 35.2 Å². The van der Waals surface area contributed by atoms with E-state index in [1.807, 2.05) is 0 Å². The van der Waals surface area contributed by atoms with E-state index >= 15 is 0 Å². The van der Waals surface area contributed by atoms with Gasteiger partial charge >= 0.3 is 5.97 Å². The number of halogens is 3. The second-order valence-electron chi connectivity index (χ2n) is 2.92. The summed E-state index contributed by atoms with van der Waals surface area (Å²) in [5.74, 6) is -2.80. The molecule has 1 aromatic heterocycles. The van der Waals surface area contributed by atoms with Gasteiger partial charge in [-0.05, 0) is 6.92 Å². The summed E-state index contributed by atoms with van der Waals surface area (Å²) >= 11 is 0. The Hall–Kier alpha value is -1.79. The fraction of sp³-hybridized carbons (Fsp3) is 0.400. The van der Waals surface area contributed by atoms with Crippen molar-refractivity contribution in [2.75, 3.05) is 13.7 Å². The van der Waals surface area contributed by atoms with Gasteiger partial charge in [-0.25, -0.2) is 22.9 Å². The molecule has 0 spiro atoms.